The average Bonchev–Trinajstić information content (AvgIpc) is 2.74. The smallest absolute Gasteiger partial charge is 0.175 e. The first-order chi connectivity index (χ1) is 8.13. The Balaban J connectivity index is 2.38. The molecule has 1 unspecified atom stereocenters. The molecule has 5 heteroatoms. The number of halogens is 2. The zero-order valence-electron chi connectivity index (χ0n) is 8.98. The first-order valence-corrected chi connectivity index (χ1v) is 6.05. The van der Waals surface area contributed by atoms with Gasteiger partial charge in [0.25, 0.3) is 0 Å². The van der Waals surface area contributed by atoms with Crippen molar-refractivity contribution >= 4 is 27.5 Å². The standard InChI is InChI=1S/C12H10BrClO3/c1-16-7-2-3-8(10(14)6-7)11(15)9-4-5-17-12(9)13/h2-6,11,15H,1H3. The van der Waals surface area contributed by atoms with Crippen LogP contribution in [0, 0.1) is 0 Å². The molecule has 1 atom stereocenters. The van der Waals surface area contributed by atoms with Gasteiger partial charge in [0.2, 0.25) is 0 Å². The van der Waals surface area contributed by atoms with Crippen molar-refractivity contribution < 1.29 is 14.3 Å². The van der Waals surface area contributed by atoms with Crippen molar-refractivity contribution in [2.75, 3.05) is 7.11 Å². The van der Waals surface area contributed by atoms with E-state index in [4.69, 9.17) is 20.8 Å². The molecule has 0 saturated carbocycles. The number of aliphatic hydroxyl groups excluding tert-OH is 1. The number of methoxy groups -OCH3 is 1. The first-order valence-electron chi connectivity index (χ1n) is 4.88. The molecule has 0 spiro atoms. The van der Waals surface area contributed by atoms with Gasteiger partial charge < -0.3 is 14.3 Å². The molecule has 0 bridgehead atoms. The highest BCUT2D eigenvalue weighted by atomic mass is 79.9. The Morgan fingerprint density at radius 1 is 1.35 bits per heavy atom. The Kier molecular flexibility index (Phi) is 3.76. The molecule has 2 aromatic rings. The van der Waals surface area contributed by atoms with Crippen LogP contribution in [-0.4, -0.2) is 12.2 Å². The molecular weight excluding hydrogens is 307 g/mol. The van der Waals surface area contributed by atoms with Gasteiger partial charge in [-0.25, -0.2) is 0 Å². The molecule has 3 nitrogen and oxygen atoms in total. The van der Waals surface area contributed by atoms with Crippen LogP contribution in [0.5, 0.6) is 5.75 Å². The lowest BCUT2D eigenvalue weighted by Gasteiger charge is -2.12. The van der Waals surface area contributed by atoms with E-state index in [1.807, 2.05) is 0 Å². The van der Waals surface area contributed by atoms with Crippen molar-refractivity contribution in [2.24, 2.45) is 0 Å². The Bertz CT molecular complexity index is 524. The summed E-state index contributed by atoms with van der Waals surface area (Å²) in [5.74, 6) is 0.650. The van der Waals surface area contributed by atoms with Crippen molar-refractivity contribution in [3.63, 3.8) is 0 Å². The lowest BCUT2D eigenvalue weighted by atomic mass is 10.0. The van der Waals surface area contributed by atoms with Gasteiger partial charge in [-0.2, -0.15) is 0 Å². The molecule has 0 radical (unpaired) electrons. The average molecular weight is 318 g/mol. The number of rotatable bonds is 3. The zero-order chi connectivity index (χ0) is 12.4. The molecule has 0 aliphatic carbocycles. The van der Waals surface area contributed by atoms with Gasteiger partial charge in [0, 0.05) is 11.1 Å². The summed E-state index contributed by atoms with van der Waals surface area (Å²) in [5.41, 5.74) is 1.24. The van der Waals surface area contributed by atoms with Gasteiger partial charge in [0.1, 0.15) is 11.9 Å². The van der Waals surface area contributed by atoms with Gasteiger partial charge in [0.15, 0.2) is 4.67 Å². The molecule has 2 rings (SSSR count). The number of furan rings is 1. The predicted octanol–water partition coefficient (Wildman–Crippen LogP) is 3.79. The summed E-state index contributed by atoms with van der Waals surface area (Å²) in [7, 11) is 1.56. The zero-order valence-corrected chi connectivity index (χ0v) is 11.3. The fourth-order valence-electron chi connectivity index (χ4n) is 1.52. The minimum Gasteiger partial charge on any atom is -0.497 e. The third-order valence-electron chi connectivity index (χ3n) is 2.44. The molecule has 0 aliphatic rings. The highest BCUT2D eigenvalue weighted by molar-refractivity contribution is 9.10. The third kappa shape index (κ3) is 2.49. The van der Waals surface area contributed by atoms with Crippen LogP contribution in [-0.2, 0) is 0 Å². The second kappa shape index (κ2) is 5.12. The highest BCUT2D eigenvalue weighted by Crippen LogP contribution is 2.34. The van der Waals surface area contributed by atoms with E-state index in [1.54, 1.807) is 31.4 Å². The number of hydrogen-bond acceptors (Lipinski definition) is 3. The van der Waals surface area contributed by atoms with Crippen LogP contribution in [0.2, 0.25) is 5.02 Å². The Labute approximate surface area is 112 Å². The molecular formula is C12H10BrClO3. The van der Waals surface area contributed by atoms with Crippen LogP contribution in [0.15, 0.2) is 39.6 Å². The highest BCUT2D eigenvalue weighted by Gasteiger charge is 2.18. The quantitative estimate of drug-likeness (QED) is 0.936. The first kappa shape index (κ1) is 12.5. The van der Waals surface area contributed by atoms with Crippen LogP contribution >= 0.6 is 27.5 Å². The van der Waals surface area contributed by atoms with E-state index in [1.165, 1.54) is 6.26 Å². The topological polar surface area (TPSA) is 42.6 Å². The molecule has 1 aromatic heterocycles. The monoisotopic (exact) mass is 316 g/mol. The van der Waals surface area contributed by atoms with Crippen LogP contribution in [0.3, 0.4) is 0 Å². The summed E-state index contributed by atoms with van der Waals surface area (Å²) in [4.78, 5) is 0. The molecule has 1 N–H and O–H groups in total. The Hall–Kier alpha value is -0.970. The van der Waals surface area contributed by atoms with Gasteiger partial charge >= 0.3 is 0 Å². The summed E-state index contributed by atoms with van der Waals surface area (Å²) in [5, 5.41) is 10.6. The summed E-state index contributed by atoms with van der Waals surface area (Å²) in [6.45, 7) is 0. The third-order valence-corrected chi connectivity index (χ3v) is 3.41. The number of ether oxygens (including phenoxy) is 1. The second-order valence-corrected chi connectivity index (χ2v) is 4.57. The summed E-state index contributed by atoms with van der Waals surface area (Å²) >= 11 is 9.31. The van der Waals surface area contributed by atoms with Gasteiger partial charge in [-0.15, -0.1) is 0 Å². The molecule has 17 heavy (non-hydrogen) atoms. The fraction of sp³-hybridized carbons (Fsp3) is 0.167. The van der Waals surface area contributed by atoms with Gasteiger partial charge in [-0.1, -0.05) is 17.7 Å². The number of benzene rings is 1. The molecule has 90 valence electrons. The maximum atomic E-state index is 10.2. The van der Waals surface area contributed by atoms with E-state index in [-0.39, 0.29) is 0 Å². The van der Waals surface area contributed by atoms with E-state index >= 15 is 0 Å². The summed E-state index contributed by atoms with van der Waals surface area (Å²) < 4.78 is 10.6. The molecule has 0 saturated heterocycles. The minimum atomic E-state index is -0.832. The molecule has 1 aromatic carbocycles. The van der Waals surface area contributed by atoms with E-state index in [0.717, 1.165) is 0 Å². The van der Waals surface area contributed by atoms with Gasteiger partial charge in [-0.05, 0) is 34.1 Å². The molecule has 1 heterocycles. The molecule has 0 fully saturated rings. The lowest BCUT2D eigenvalue weighted by Crippen LogP contribution is -2.00. The Morgan fingerprint density at radius 3 is 2.65 bits per heavy atom. The normalized spacial score (nSPS) is 12.5. The largest absolute Gasteiger partial charge is 0.497 e. The van der Waals surface area contributed by atoms with Crippen molar-refractivity contribution in [1.82, 2.24) is 0 Å². The summed E-state index contributed by atoms with van der Waals surface area (Å²) in [6, 6.07) is 6.83. The van der Waals surface area contributed by atoms with E-state index in [2.05, 4.69) is 15.9 Å². The second-order valence-electron chi connectivity index (χ2n) is 3.44. The van der Waals surface area contributed by atoms with Crippen molar-refractivity contribution in [3.05, 3.63) is 51.3 Å². The van der Waals surface area contributed by atoms with Crippen LogP contribution in [0.25, 0.3) is 0 Å². The van der Waals surface area contributed by atoms with Gasteiger partial charge in [0.05, 0.1) is 18.4 Å². The molecule has 0 amide bonds. The predicted molar refractivity (Wildman–Crippen MR) is 68.5 cm³/mol. The summed E-state index contributed by atoms with van der Waals surface area (Å²) in [6.07, 6.45) is 0.668. The lowest BCUT2D eigenvalue weighted by molar-refractivity contribution is 0.218. The van der Waals surface area contributed by atoms with Crippen LogP contribution in [0.4, 0.5) is 0 Å². The van der Waals surface area contributed by atoms with Crippen LogP contribution in [0.1, 0.15) is 17.2 Å². The maximum Gasteiger partial charge on any atom is 0.175 e. The number of aliphatic hydroxyl groups is 1. The van der Waals surface area contributed by atoms with Crippen molar-refractivity contribution in [2.45, 2.75) is 6.10 Å². The Morgan fingerprint density at radius 2 is 2.12 bits per heavy atom. The van der Waals surface area contributed by atoms with E-state index in [9.17, 15) is 5.11 Å². The maximum absolute atomic E-state index is 10.2. The SMILES string of the molecule is COc1ccc(C(O)c2ccoc2Br)c(Cl)c1. The number of hydrogen-bond donors (Lipinski definition) is 1. The van der Waals surface area contributed by atoms with Crippen molar-refractivity contribution in [3.8, 4) is 5.75 Å². The van der Waals surface area contributed by atoms with E-state index in [0.29, 0.717) is 26.6 Å². The van der Waals surface area contributed by atoms with Crippen LogP contribution < -0.4 is 4.74 Å². The van der Waals surface area contributed by atoms with E-state index < -0.39 is 6.10 Å². The fourth-order valence-corrected chi connectivity index (χ4v) is 2.25. The van der Waals surface area contributed by atoms with Gasteiger partial charge in [-0.3, -0.25) is 0 Å². The molecule has 0 aliphatic heterocycles. The minimum absolute atomic E-state index is 0.449. The van der Waals surface area contributed by atoms with Crippen molar-refractivity contribution in [1.29, 1.82) is 0 Å².